The molecule has 0 spiro atoms. The second kappa shape index (κ2) is 5.76. The fraction of sp³-hybridized carbons (Fsp3) is 0.368. The van der Waals surface area contributed by atoms with E-state index in [0.29, 0.717) is 11.6 Å². The minimum absolute atomic E-state index is 0.0515. The van der Waals surface area contributed by atoms with Crippen molar-refractivity contribution in [3.05, 3.63) is 65.7 Å². The molecule has 3 atom stereocenters. The molecule has 1 aromatic heterocycles. The smallest absolute Gasteiger partial charge is 0.272 e. The molecule has 3 nitrogen and oxygen atoms in total. The van der Waals surface area contributed by atoms with E-state index >= 15 is 0 Å². The normalized spacial score (nSPS) is 26.3. The van der Waals surface area contributed by atoms with E-state index in [2.05, 4.69) is 4.98 Å². The molecule has 2 aliphatic heterocycles. The van der Waals surface area contributed by atoms with Gasteiger partial charge in [0.25, 0.3) is 5.91 Å². The number of halogens is 1. The first-order valence-electron chi connectivity index (χ1n) is 8.21. The second-order valence-corrected chi connectivity index (χ2v) is 6.53. The van der Waals surface area contributed by atoms with Gasteiger partial charge in [0.1, 0.15) is 11.5 Å². The molecule has 2 fully saturated rings. The fourth-order valence-corrected chi connectivity index (χ4v) is 4.14. The Labute approximate surface area is 135 Å². The molecular weight excluding hydrogens is 291 g/mol. The van der Waals surface area contributed by atoms with Crippen molar-refractivity contribution in [1.82, 2.24) is 9.88 Å². The van der Waals surface area contributed by atoms with Crippen molar-refractivity contribution in [3.63, 3.8) is 0 Å². The van der Waals surface area contributed by atoms with Crippen LogP contribution in [0, 0.1) is 5.82 Å². The summed E-state index contributed by atoms with van der Waals surface area (Å²) in [5.74, 6) is 0.274. The van der Waals surface area contributed by atoms with E-state index in [1.807, 2.05) is 29.2 Å². The highest BCUT2D eigenvalue weighted by molar-refractivity contribution is 5.93. The first-order valence-corrected chi connectivity index (χ1v) is 8.21. The summed E-state index contributed by atoms with van der Waals surface area (Å²) >= 11 is 0. The van der Waals surface area contributed by atoms with Crippen LogP contribution in [0.25, 0.3) is 0 Å². The number of piperidine rings is 1. The number of pyridine rings is 1. The molecule has 2 saturated heterocycles. The molecule has 0 radical (unpaired) electrons. The predicted molar refractivity (Wildman–Crippen MR) is 85.6 cm³/mol. The number of benzene rings is 1. The lowest BCUT2D eigenvalue weighted by Crippen LogP contribution is -2.46. The van der Waals surface area contributed by atoms with Crippen molar-refractivity contribution in [2.75, 3.05) is 0 Å². The molecular formula is C19H19FN2O. The van der Waals surface area contributed by atoms with Gasteiger partial charge < -0.3 is 4.90 Å². The average Bonchev–Trinajstić information content (AvgIpc) is 2.85. The Morgan fingerprint density at radius 3 is 2.35 bits per heavy atom. The molecule has 2 aliphatic rings. The summed E-state index contributed by atoms with van der Waals surface area (Å²) in [5, 5.41) is 0. The maximum Gasteiger partial charge on any atom is 0.272 e. The number of hydrogen-bond donors (Lipinski definition) is 0. The molecule has 2 aromatic rings. The second-order valence-electron chi connectivity index (χ2n) is 6.53. The summed E-state index contributed by atoms with van der Waals surface area (Å²) in [4.78, 5) is 19.0. The highest BCUT2D eigenvalue weighted by Crippen LogP contribution is 2.43. The van der Waals surface area contributed by atoms with Gasteiger partial charge in [-0.1, -0.05) is 18.2 Å². The number of fused-ring (bicyclic) bond motifs is 2. The van der Waals surface area contributed by atoms with E-state index in [0.717, 1.165) is 25.7 Å². The van der Waals surface area contributed by atoms with E-state index in [4.69, 9.17) is 0 Å². The third-order valence-electron chi connectivity index (χ3n) is 5.19. The van der Waals surface area contributed by atoms with Gasteiger partial charge in [-0.15, -0.1) is 0 Å². The van der Waals surface area contributed by atoms with Crippen LogP contribution < -0.4 is 0 Å². The molecule has 4 heteroatoms. The average molecular weight is 310 g/mol. The molecule has 118 valence electrons. The summed E-state index contributed by atoms with van der Waals surface area (Å²) in [6, 6.07) is 12.8. The van der Waals surface area contributed by atoms with E-state index in [1.165, 1.54) is 17.7 Å². The molecule has 4 rings (SSSR count). The Kier molecular flexibility index (Phi) is 3.60. The van der Waals surface area contributed by atoms with Crippen LogP contribution in [0.2, 0.25) is 0 Å². The molecule has 0 saturated carbocycles. The maximum absolute atomic E-state index is 13.1. The minimum Gasteiger partial charge on any atom is -0.331 e. The predicted octanol–water partition coefficient (Wildman–Crippen LogP) is 3.77. The van der Waals surface area contributed by atoms with Crippen molar-refractivity contribution >= 4 is 5.91 Å². The molecule has 1 amide bonds. The van der Waals surface area contributed by atoms with Crippen molar-refractivity contribution < 1.29 is 9.18 Å². The number of carbonyl (C=O) groups is 1. The number of nitrogens with zero attached hydrogens (tertiary/aromatic N) is 2. The van der Waals surface area contributed by atoms with E-state index < -0.39 is 0 Å². The summed E-state index contributed by atoms with van der Waals surface area (Å²) in [5.41, 5.74) is 1.72. The first kappa shape index (κ1) is 14.4. The van der Waals surface area contributed by atoms with Gasteiger partial charge in [0.05, 0.1) is 0 Å². The van der Waals surface area contributed by atoms with Gasteiger partial charge in [-0.3, -0.25) is 9.78 Å². The van der Waals surface area contributed by atoms with Crippen molar-refractivity contribution in [1.29, 1.82) is 0 Å². The van der Waals surface area contributed by atoms with Gasteiger partial charge in [-0.25, -0.2) is 4.39 Å². The van der Waals surface area contributed by atoms with Crippen LogP contribution in [0.3, 0.4) is 0 Å². The van der Waals surface area contributed by atoms with Crippen LogP contribution in [-0.2, 0) is 0 Å². The molecule has 3 heterocycles. The SMILES string of the molecule is O=C(c1ccccn1)N1[C@@H]2CC[C@H]1CC(c1ccc(F)cc1)C2. The molecule has 1 aromatic carbocycles. The van der Waals surface area contributed by atoms with Crippen LogP contribution in [0.4, 0.5) is 4.39 Å². The van der Waals surface area contributed by atoms with Crippen molar-refractivity contribution in [3.8, 4) is 0 Å². The number of aromatic nitrogens is 1. The van der Waals surface area contributed by atoms with Gasteiger partial charge in [0, 0.05) is 18.3 Å². The first-order chi connectivity index (χ1) is 11.2. The molecule has 23 heavy (non-hydrogen) atoms. The number of rotatable bonds is 2. The van der Waals surface area contributed by atoms with Crippen LogP contribution >= 0.6 is 0 Å². The van der Waals surface area contributed by atoms with E-state index in [9.17, 15) is 9.18 Å². The van der Waals surface area contributed by atoms with Crippen LogP contribution in [0.5, 0.6) is 0 Å². The summed E-state index contributed by atoms with van der Waals surface area (Å²) in [6.07, 6.45) is 5.70. The number of carbonyl (C=O) groups excluding carboxylic acids is 1. The lowest BCUT2D eigenvalue weighted by atomic mass is 9.85. The largest absolute Gasteiger partial charge is 0.331 e. The standard InChI is InChI=1S/C19H19FN2O/c20-15-6-4-13(5-7-15)14-11-16-8-9-17(12-14)22(16)19(23)18-3-1-2-10-21-18/h1-7,10,14,16-17H,8-9,11-12H2/t14?,16-,17+. The Hall–Kier alpha value is -2.23. The summed E-state index contributed by atoms with van der Waals surface area (Å²) in [7, 11) is 0. The quantitative estimate of drug-likeness (QED) is 0.846. The monoisotopic (exact) mass is 310 g/mol. The zero-order valence-corrected chi connectivity index (χ0v) is 12.9. The summed E-state index contributed by atoms with van der Waals surface area (Å²) < 4.78 is 13.1. The van der Waals surface area contributed by atoms with Gasteiger partial charge >= 0.3 is 0 Å². The number of amides is 1. The fourth-order valence-electron chi connectivity index (χ4n) is 4.14. The molecule has 1 unspecified atom stereocenters. The molecule has 0 N–H and O–H groups in total. The van der Waals surface area contributed by atoms with E-state index in [-0.39, 0.29) is 23.8 Å². The van der Waals surface area contributed by atoms with Crippen molar-refractivity contribution in [2.45, 2.75) is 43.7 Å². The Morgan fingerprint density at radius 1 is 1.04 bits per heavy atom. The molecule has 0 aliphatic carbocycles. The highest BCUT2D eigenvalue weighted by atomic mass is 19.1. The lowest BCUT2D eigenvalue weighted by molar-refractivity contribution is 0.0565. The topological polar surface area (TPSA) is 33.2 Å². The van der Waals surface area contributed by atoms with Crippen LogP contribution in [0.1, 0.15) is 47.7 Å². The minimum atomic E-state index is -0.195. The Bertz CT molecular complexity index is 687. The Morgan fingerprint density at radius 2 is 1.74 bits per heavy atom. The van der Waals surface area contributed by atoms with Crippen molar-refractivity contribution in [2.24, 2.45) is 0 Å². The third kappa shape index (κ3) is 2.62. The van der Waals surface area contributed by atoms with Crippen LogP contribution in [0.15, 0.2) is 48.7 Å². The highest BCUT2D eigenvalue weighted by Gasteiger charge is 2.43. The Balaban J connectivity index is 1.54. The number of hydrogen-bond acceptors (Lipinski definition) is 2. The lowest BCUT2D eigenvalue weighted by Gasteiger charge is -2.39. The van der Waals surface area contributed by atoms with Gasteiger partial charge in [-0.05, 0) is 61.4 Å². The molecule has 2 bridgehead atoms. The maximum atomic E-state index is 13.1. The van der Waals surface area contributed by atoms with Gasteiger partial charge in [-0.2, -0.15) is 0 Å². The van der Waals surface area contributed by atoms with Gasteiger partial charge in [0.15, 0.2) is 0 Å². The van der Waals surface area contributed by atoms with Crippen LogP contribution in [-0.4, -0.2) is 27.9 Å². The third-order valence-corrected chi connectivity index (χ3v) is 5.19. The van der Waals surface area contributed by atoms with Gasteiger partial charge in [0.2, 0.25) is 0 Å². The van der Waals surface area contributed by atoms with E-state index in [1.54, 1.807) is 12.3 Å². The summed E-state index contributed by atoms with van der Waals surface area (Å²) in [6.45, 7) is 0. The zero-order chi connectivity index (χ0) is 15.8. The zero-order valence-electron chi connectivity index (χ0n) is 12.9.